The van der Waals surface area contributed by atoms with Crippen molar-refractivity contribution in [2.75, 3.05) is 19.3 Å². The molecule has 0 aliphatic heterocycles. The zero-order chi connectivity index (χ0) is 10.4. The fraction of sp³-hybridized carbons (Fsp3) is 0.333. The van der Waals surface area contributed by atoms with Crippen LogP contribution in [0, 0.1) is 0 Å². The van der Waals surface area contributed by atoms with E-state index in [1.165, 1.54) is 11.1 Å². The highest BCUT2D eigenvalue weighted by molar-refractivity contribution is 5.66. The van der Waals surface area contributed by atoms with Gasteiger partial charge in [-0.25, -0.2) is 0 Å². The molecule has 0 atom stereocenters. The number of rotatable bonds is 4. The Morgan fingerprint density at radius 1 is 1.50 bits per heavy atom. The molecular formula is C12H18N2. The van der Waals surface area contributed by atoms with E-state index in [4.69, 9.17) is 5.73 Å². The van der Waals surface area contributed by atoms with Gasteiger partial charge < -0.3 is 11.1 Å². The van der Waals surface area contributed by atoms with Crippen LogP contribution in [0.2, 0.25) is 0 Å². The van der Waals surface area contributed by atoms with E-state index in [0.717, 1.165) is 18.7 Å². The summed E-state index contributed by atoms with van der Waals surface area (Å²) < 4.78 is 0. The van der Waals surface area contributed by atoms with Gasteiger partial charge in [0.15, 0.2) is 0 Å². The van der Waals surface area contributed by atoms with Crippen molar-refractivity contribution in [1.29, 1.82) is 0 Å². The van der Waals surface area contributed by atoms with Crippen LogP contribution in [0.15, 0.2) is 30.3 Å². The number of nitrogens with two attached hydrogens (primary N) is 1. The van der Waals surface area contributed by atoms with Gasteiger partial charge in [-0.15, -0.1) is 0 Å². The van der Waals surface area contributed by atoms with E-state index < -0.39 is 0 Å². The molecule has 0 aromatic heterocycles. The highest BCUT2D eigenvalue weighted by Crippen LogP contribution is 2.16. The van der Waals surface area contributed by atoms with E-state index in [1.807, 2.05) is 25.2 Å². The second-order valence-electron chi connectivity index (χ2n) is 3.40. The highest BCUT2D eigenvalue weighted by atomic mass is 14.8. The van der Waals surface area contributed by atoms with E-state index in [9.17, 15) is 0 Å². The van der Waals surface area contributed by atoms with E-state index in [1.54, 1.807) is 0 Å². The Labute approximate surface area is 85.8 Å². The first-order valence-corrected chi connectivity index (χ1v) is 4.91. The maximum Gasteiger partial charge on any atom is 0.0320 e. The van der Waals surface area contributed by atoms with E-state index >= 15 is 0 Å². The molecule has 1 aromatic carbocycles. The standard InChI is InChI=1S/C12H18N2/c1-10(5-4-8-14-2)11-6-3-7-12(13)9-11/h3,5-7,9,14H,4,8,13H2,1-2H3/b10-5-. The number of benzene rings is 1. The Hall–Kier alpha value is -1.28. The van der Waals surface area contributed by atoms with Crippen molar-refractivity contribution < 1.29 is 0 Å². The van der Waals surface area contributed by atoms with Crippen LogP contribution in [0.3, 0.4) is 0 Å². The van der Waals surface area contributed by atoms with Crippen LogP contribution in [-0.2, 0) is 0 Å². The smallest absolute Gasteiger partial charge is 0.0320 e. The molecule has 1 aromatic rings. The molecule has 0 radical (unpaired) electrons. The third-order valence-corrected chi connectivity index (χ3v) is 2.19. The third kappa shape index (κ3) is 3.23. The molecule has 2 nitrogen and oxygen atoms in total. The number of nitrogen functional groups attached to an aromatic ring is 1. The molecule has 0 fully saturated rings. The van der Waals surface area contributed by atoms with Crippen molar-refractivity contribution in [2.24, 2.45) is 0 Å². The monoisotopic (exact) mass is 190 g/mol. The molecule has 14 heavy (non-hydrogen) atoms. The highest BCUT2D eigenvalue weighted by Gasteiger charge is 1.94. The van der Waals surface area contributed by atoms with Crippen molar-refractivity contribution in [3.05, 3.63) is 35.9 Å². The molecule has 0 spiro atoms. The summed E-state index contributed by atoms with van der Waals surface area (Å²) in [5.74, 6) is 0. The molecule has 0 unspecified atom stereocenters. The van der Waals surface area contributed by atoms with Gasteiger partial charge in [0.05, 0.1) is 0 Å². The van der Waals surface area contributed by atoms with Crippen molar-refractivity contribution in [3.8, 4) is 0 Å². The molecule has 0 bridgehead atoms. The predicted molar refractivity (Wildman–Crippen MR) is 63.0 cm³/mol. The molecular weight excluding hydrogens is 172 g/mol. The molecule has 0 saturated heterocycles. The Bertz CT molecular complexity index is 316. The first-order valence-electron chi connectivity index (χ1n) is 4.91. The minimum absolute atomic E-state index is 0.823. The maximum atomic E-state index is 5.71. The first kappa shape index (κ1) is 10.8. The summed E-state index contributed by atoms with van der Waals surface area (Å²) in [4.78, 5) is 0. The minimum Gasteiger partial charge on any atom is -0.399 e. The predicted octanol–water partition coefficient (Wildman–Crippen LogP) is 2.28. The lowest BCUT2D eigenvalue weighted by molar-refractivity contribution is 0.808. The molecule has 0 heterocycles. The molecule has 0 aliphatic rings. The maximum absolute atomic E-state index is 5.71. The van der Waals surface area contributed by atoms with Crippen LogP contribution < -0.4 is 11.1 Å². The van der Waals surface area contributed by atoms with Crippen molar-refractivity contribution in [1.82, 2.24) is 5.32 Å². The Balaban J connectivity index is 2.68. The van der Waals surface area contributed by atoms with Crippen LogP contribution in [0.4, 0.5) is 5.69 Å². The summed E-state index contributed by atoms with van der Waals surface area (Å²) in [5, 5.41) is 3.12. The van der Waals surface area contributed by atoms with Crippen LogP contribution in [0.25, 0.3) is 5.57 Å². The number of nitrogens with one attached hydrogen (secondary N) is 1. The third-order valence-electron chi connectivity index (χ3n) is 2.19. The minimum atomic E-state index is 0.823. The second kappa shape index (κ2) is 5.45. The quantitative estimate of drug-likeness (QED) is 0.564. The molecule has 2 heteroatoms. The van der Waals surface area contributed by atoms with Gasteiger partial charge in [0.1, 0.15) is 0 Å². The fourth-order valence-corrected chi connectivity index (χ4v) is 1.33. The van der Waals surface area contributed by atoms with Crippen molar-refractivity contribution in [3.63, 3.8) is 0 Å². The van der Waals surface area contributed by atoms with Crippen molar-refractivity contribution in [2.45, 2.75) is 13.3 Å². The summed E-state index contributed by atoms with van der Waals surface area (Å²) >= 11 is 0. The van der Waals surface area contributed by atoms with E-state index in [-0.39, 0.29) is 0 Å². The number of anilines is 1. The molecule has 76 valence electrons. The molecule has 0 amide bonds. The van der Waals surface area contributed by atoms with Gasteiger partial charge in [0.2, 0.25) is 0 Å². The largest absolute Gasteiger partial charge is 0.399 e. The number of allylic oxidation sites excluding steroid dienone is 1. The van der Waals surface area contributed by atoms with Gasteiger partial charge in [-0.05, 0) is 50.2 Å². The average molecular weight is 190 g/mol. The van der Waals surface area contributed by atoms with Gasteiger partial charge in [-0.3, -0.25) is 0 Å². The lowest BCUT2D eigenvalue weighted by Crippen LogP contribution is -2.05. The second-order valence-corrected chi connectivity index (χ2v) is 3.40. The fourth-order valence-electron chi connectivity index (χ4n) is 1.33. The van der Waals surface area contributed by atoms with Crippen molar-refractivity contribution >= 4 is 11.3 Å². The van der Waals surface area contributed by atoms with Crippen LogP contribution in [-0.4, -0.2) is 13.6 Å². The average Bonchev–Trinajstić information content (AvgIpc) is 2.18. The van der Waals surface area contributed by atoms with E-state index in [0.29, 0.717) is 0 Å². The topological polar surface area (TPSA) is 38.0 Å². The zero-order valence-corrected chi connectivity index (χ0v) is 8.88. The zero-order valence-electron chi connectivity index (χ0n) is 8.88. The van der Waals surface area contributed by atoms with Gasteiger partial charge in [-0.1, -0.05) is 18.2 Å². The van der Waals surface area contributed by atoms with Gasteiger partial charge >= 0.3 is 0 Å². The summed E-state index contributed by atoms with van der Waals surface area (Å²) in [6, 6.07) is 7.98. The molecule has 3 N–H and O–H groups in total. The van der Waals surface area contributed by atoms with E-state index in [2.05, 4.69) is 24.4 Å². The summed E-state index contributed by atoms with van der Waals surface area (Å²) in [6.07, 6.45) is 3.28. The van der Waals surface area contributed by atoms with Crippen LogP contribution >= 0.6 is 0 Å². The van der Waals surface area contributed by atoms with Crippen LogP contribution in [0.5, 0.6) is 0 Å². The SMILES string of the molecule is CNCC/C=C(/C)c1cccc(N)c1. The Morgan fingerprint density at radius 3 is 2.93 bits per heavy atom. The Morgan fingerprint density at radius 2 is 2.29 bits per heavy atom. The first-order chi connectivity index (χ1) is 6.74. The number of hydrogen-bond acceptors (Lipinski definition) is 2. The Kier molecular flexibility index (Phi) is 4.20. The van der Waals surface area contributed by atoms with Gasteiger partial charge in [0, 0.05) is 5.69 Å². The van der Waals surface area contributed by atoms with Gasteiger partial charge in [-0.2, -0.15) is 0 Å². The summed E-state index contributed by atoms with van der Waals surface area (Å²) in [7, 11) is 1.96. The summed E-state index contributed by atoms with van der Waals surface area (Å²) in [6.45, 7) is 3.13. The summed E-state index contributed by atoms with van der Waals surface area (Å²) in [5.41, 5.74) is 9.03. The molecule has 0 aliphatic carbocycles. The van der Waals surface area contributed by atoms with Crippen LogP contribution in [0.1, 0.15) is 18.9 Å². The normalized spacial score (nSPS) is 11.7. The lowest BCUT2D eigenvalue weighted by atomic mass is 10.1. The van der Waals surface area contributed by atoms with Gasteiger partial charge in [0.25, 0.3) is 0 Å². The lowest BCUT2D eigenvalue weighted by Gasteiger charge is -2.02. The molecule has 1 rings (SSSR count). The molecule has 0 saturated carbocycles. The number of hydrogen-bond donors (Lipinski definition) is 2.